The number of rotatable bonds is 3. The lowest BCUT2D eigenvalue weighted by atomic mass is 10.3. The largest absolute Gasteiger partial charge is 0.411 e. The molecule has 0 amide bonds. The van der Waals surface area contributed by atoms with Crippen molar-refractivity contribution in [2.45, 2.75) is 12.8 Å². The highest BCUT2D eigenvalue weighted by molar-refractivity contribution is 6.29. The third-order valence-corrected chi connectivity index (χ3v) is 1.55. The van der Waals surface area contributed by atoms with Crippen LogP contribution in [0.4, 0.5) is 13.2 Å². The van der Waals surface area contributed by atoms with Gasteiger partial charge in [0, 0.05) is 6.20 Å². The summed E-state index contributed by atoms with van der Waals surface area (Å²) >= 11 is 5.49. The molecule has 6 heteroatoms. The van der Waals surface area contributed by atoms with Gasteiger partial charge in [-0.2, -0.15) is 13.2 Å². The van der Waals surface area contributed by atoms with Gasteiger partial charge in [-0.15, -0.1) is 0 Å². The Bertz CT molecular complexity index is 286. The van der Waals surface area contributed by atoms with E-state index in [0.29, 0.717) is 10.7 Å². The van der Waals surface area contributed by atoms with E-state index in [9.17, 15) is 13.2 Å². The van der Waals surface area contributed by atoms with Crippen LogP contribution in [0.1, 0.15) is 5.56 Å². The molecule has 0 radical (unpaired) electrons. The number of ether oxygens (including phenoxy) is 1. The van der Waals surface area contributed by atoms with Crippen molar-refractivity contribution in [3.05, 3.63) is 29.0 Å². The van der Waals surface area contributed by atoms with Crippen LogP contribution in [0.25, 0.3) is 0 Å². The lowest BCUT2D eigenvalue weighted by Crippen LogP contribution is -2.16. The minimum Gasteiger partial charge on any atom is -0.367 e. The van der Waals surface area contributed by atoms with Gasteiger partial charge < -0.3 is 4.74 Å². The van der Waals surface area contributed by atoms with E-state index < -0.39 is 12.8 Å². The zero-order valence-electron chi connectivity index (χ0n) is 7.01. The molecule has 0 aromatic carbocycles. The minimum absolute atomic E-state index is 0.121. The Morgan fingerprint density at radius 3 is 2.57 bits per heavy atom. The molecule has 78 valence electrons. The molecule has 0 unspecified atom stereocenters. The molecule has 0 aliphatic heterocycles. The van der Waals surface area contributed by atoms with Crippen molar-refractivity contribution < 1.29 is 17.9 Å². The average Bonchev–Trinajstić information content (AvgIpc) is 2.06. The van der Waals surface area contributed by atoms with E-state index in [1.165, 1.54) is 12.3 Å². The normalized spacial score (nSPS) is 11.7. The first-order valence-electron chi connectivity index (χ1n) is 3.72. The Morgan fingerprint density at radius 2 is 2.07 bits per heavy atom. The van der Waals surface area contributed by atoms with E-state index in [4.69, 9.17) is 11.6 Å². The van der Waals surface area contributed by atoms with Crippen LogP contribution < -0.4 is 0 Å². The molecule has 0 aliphatic carbocycles. The molecule has 1 aromatic heterocycles. The molecule has 0 atom stereocenters. The molecular weight excluding hydrogens is 219 g/mol. The zero-order valence-corrected chi connectivity index (χ0v) is 7.77. The summed E-state index contributed by atoms with van der Waals surface area (Å²) in [4.78, 5) is 3.70. The smallest absolute Gasteiger partial charge is 0.367 e. The fourth-order valence-corrected chi connectivity index (χ4v) is 0.888. The van der Waals surface area contributed by atoms with Gasteiger partial charge in [0.25, 0.3) is 0 Å². The van der Waals surface area contributed by atoms with Crippen LogP contribution in [0.3, 0.4) is 0 Å². The van der Waals surface area contributed by atoms with Gasteiger partial charge >= 0.3 is 6.18 Å². The van der Waals surface area contributed by atoms with Crippen molar-refractivity contribution in [2.24, 2.45) is 0 Å². The van der Waals surface area contributed by atoms with Crippen LogP contribution >= 0.6 is 11.6 Å². The van der Waals surface area contributed by atoms with Crippen LogP contribution in [-0.2, 0) is 11.3 Å². The molecule has 1 heterocycles. The van der Waals surface area contributed by atoms with Gasteiger partial charge in [0.15, 0.2) is 0 Å². The molecule has 0 fully saturated rings. The van der Waals surface area contributed by atoms with Crippen LogP contribution in [0.5, 0.6) is 0 Å². The Hall–Kier alpha value is -0.810. The SMILES string of the molecule is FC(F)(F)COCc1ccc(Cl)nc1. The first-order valence-corrected chi connectivity index (χ1v) is 4.10. The summed E-state index contributed by atoms with van der Waals surface area (Å²) < 4.78 is 39.4. The Kier molecular flexibility index (Phi) is 3.71. The Balaban J connectivity index is 2.35. The maximum atomic E-state index is 11.7. The second-order valence-electron chi connectivity index (χ2n) is 2.60. The summed E-state index contributed by atoms with van der Waals surface area (Å²) in [5.41, 5.74) is 0.554. The first kappa shape index (κ1) is 11.3. The predicted molar refractivity (Wildman–Crippen MR) is 45.0 cm³/mol. The third-order valence-electron chi connectivity index (χ3n) is 1.32. The van der Waals surface area contributed by atoms with Gasteiger partial charge in [0.05, 0.1) is 6.61 Å². The van der Waals surface area contributed by atoms with E-state index in [2.05, 4.69) is 9.72 Å². The topological polar surface area (TPSA) is 22.1 Å². The lowest BCUT2D eigenvalue weighted by Gasteiger charge is -2.06. The summed E-state index contributed by atoms with van der Waals surface area (Å²) in [5, 5.41) is 0.296. The van der Waals surface area contributed by atoms with Crippen LogP contribution in [0.2, 0.25) is 5.15 Å². The quantitative estimate of drug-likeness (QED) is 0.738. The highest BCUT2D eigenvalue weighted by Gasteiger charge is 2.27. The average molecular weight is 226 g/mol. The van der Waals surface area contributed by atoms with E-state index in [1.54, 1.807) is 6.07 Å². The van der Waals surface area contributed by atoms with Crippen molar-refractivity contribution >= 4 is 11.6 Å². The summed E-state index contributed by atoms with van der Waals surface area (Å²) in [6, 6.07) is 3.06. The molecule has 0 saturated heterocycles. The summed E-state index contributed by atoms with van der Waals surface area (Å²) in [7, 11) is 0. The monoisotopic (exact) mass is 225 g/mol. The van der Waals surface area contributed by atoms with Crippen molar-refractivity contribution in [2.75, 3.05) is 6.61 Å². The molecule has 0 N–H and O–H groups in total. The Morgan fingerprint density at radius 1 is 1.36 bits per heavy atom. The van der Waals surface area contributed by atoms with E-state index >= 15 is 0 Å². The maximum absolute atomic E-state index is 11.7. The second kappa shape index (κ2) is 4.61. The lowest BCUT2D eigenvalue weighted by molar-refractivity contribution is -0.176. The van der Waals surface area contributed by atoms with Gasteiger partial charge in [-0.25, -0.2) is 4.98 Å². The summed E-state index contributed by atoms with van der Waals surface area (Å²) in [5.74, 6) is 0. The van der Waals surface area contributed by atoms with E-state index in [-0.39, 0.29) is 6.61 Å². The van der Waals surface area contributed by atoms with Gasteiger partial charge in [0.2, 0.25) is 0 Å². The van der Waals surface area contributed by atoms with Gasteiger partial charge in [-0.05, 0) is 11.6 Å². The van der Waals surface area contributed by atoms with E-state index in [0.717, 1.165) is 0 Å². The van der Waals surface area contributed by atoms with E-state index in [1.807, 2.05) is 0 Å². The highest BCUT2D eigenvalue weighted by Crippen LogP contribution is 2.15. The third kappa shape index (κ3) is 4.43. The number of halogens is 4. The molecule has 0 bridgehead atoms. The van der Waals surface area contributed by atoms with Crippen LogP contribution in [0.15, 0.2) is 18.3 Å². The van der Waals surface area contributed by atoms with Crippen LogP contribution in [-0.4, -0.2) is 17.8 Å². The number of hydrogen-bond acceptors (Lipinski definition) is 2. The fraction of sp³-hybridized carbons (Fsp3) is 0.375. The fourth-order valence-electron chi connectivity index (χ4n) is 0.776. The molecule has 1 rings (SSSR count). The van der Waals surface area contributed by atoms with Crippen molar-refractivity contribution in [3.63, 3.8) is 0 Å². The number of pyridine rings is 1. The summed E-state index contributed by atoms with van der Waals surface area (Å²) in [6.45, 7) is -1.38. The molecule has 0 spiro atoms. The van der Waals surface area contributed by atoms with Crippen molar-refractivity contribution in [1.29, 1.82) is 0 Å². The Labute approximate surface area is 83.7 Å². The minimum atomic E-state index is -4.29. The number of alkyl halides is 3. The van der Waals surface area contributed by atoms with Crippen molar-refractivity contribution in [1.82, 2.24) is 4.98 Å². The number of nitrogens with zero attached hydrogens (tertiary/aromatic N) is 1. The molecule has 2 nitrogen and oxygen atoms in total. The molecule has 0 aliphatic rings. The first-order chi connectivity index (χ1) is 6.47. The number of hydrogen-bond donors (Lipinski definition) is 0. The molecule has 14 heavy (non-hydrogen) atoms. The molecule has 1 aromatic rings. The maximum Gasteiger partial charge on any atom is 0.411 e. The van der Waals surface area contributed by atoms with Crippen LogP contribution in [0, 0.1) is 0 Å². The molecule has 0 saturated carbocycles. The van der Waals surface area contributed by atoms with Gasteiger partial charge in [-0.3, -0.25) is 0 Å². The summed E-state index contributed by atoms with van der Waals surface area (Å²) in [6.07, 6.45) is -2.92. The second-order valence-corrected chi connectivity index (χ2v) is 2.98. The molecular formula is C8H7ClF3NO. The predicted octanol–water partition coefficient (Wildman–Crippen LogP) is 2.81. The highest BCUT2D eigenvalue weighted by atomic mass is 35.5. The zero-order chi connectivity index (χ0) is 10.6. The number of aromatic nitrogens is 1. The van der Waals surface area contributed by atoms with Crippen molar-refractivity contribution in [3.8, 4) is 0 Å². The van der Waals surface area contributed by atoms with Gasteiger partial charge in [0.1, 0.15) is 11.8 Å². The van der Waals surface area contributed by atoms with Gasteiger partial charge in [-0.1, -0.05) is 17.7 Å². The standard InChI is InChI=1S/C8H7ClF3NO/c9-7-2-1-6(3-13-7)4-14-5-8(10,11)12/h1-3H,4-5H2.